The van der Waals surface area contributed by atoms with E-state index in [2.05, 4.69) is 4.72 Å². The van der Waals surface area contributed by atoms with Crippen molar-refractivity contribution in [2.24, 2.45) is 0 Å². The summed E-state index contributed by atoms with van der Waals surface area (Å²) in [7, 11) is -2.30. The Balaban J connectivity index is 2.21. The van der Waals surface area contributed by atoms with Gasteiger partial charge in [0, 0.05) is 18.7 Å². The molecule has 0 aliphatic carbocycles. The van der Waals surface area contributed by atoms with Crippen molar-refractivity contribution in [2.45, 2.75) is 25.2 Å². The number of ether oxygens (including phenoxy) is 1. The van der Waals surface area contributed by atoms with Gasteiger partial charge in [-0.1, -0.05) is 18.2 Å². The lowest BCUT2D eigenvalue weighted by Crippen LogP contribution is -2.27. The first-order valence-electron chi connectivity index (χ1n) is 7.63. The maximum absolute atomic E-state index is 12.6. The summed E-state index contributed by atoms with van der Waals surface area (Å²) in [6.07, 6.45) is 0.441. The standard InChI is InChI=1S/C17H20N2O5S/c1-12-10-15(19(20)21)11-17(13(12)2)25(22,23)18-9-8-14-6-4-5-7-16(14)24-3/h4-7,10-11,18H,8-9H2,1-3H3. The van der Waals surface area contributed by atoms with Gasteiger partial charge in [0.25, 0.3) is 5.69 Å². The van der Waals surface area contributed by atoms with Crippen molar-refractivity contribution in [1.29, 1.82) is 0 Å². The molecular weight excluding hydrogens is 344 g/mol. The molecule has 0 saturated heterocycles. The molecule has 1 N–H and O–H groups in total. The Morgan fingerprint density at radius 2 is 1.88 bits per heavy atom. The van der Waals surface area contributed by atoms with Crippen LogP contribution in [0.5, 0.6) is 5.75 Å². The van der Waals surface area contributed by atoms with E-state index in [9.17, 15) is 18.5 Å². The highest BCUT2D eigenvalue weighted by molar-refractivity contribution is 7.89. The molecule has 8 heteroatoms. The SMILES string of the molecule is COc1ccccc1CCNS(=O)(=O)c1cc([N+](=O)[O-])cc(C)c1C. The molecule has 0 saturated carbocycles. The molecular formula is C17H20N2O5S. The normalized spacial score (nSPS) is 11.3. The van der Waals surface area contributed by atoms with Crippen LogP contribution in [0.4, 0.5) is 5.69 Å². The van der Waals surface area contributed by atoms with Crippen LogP contribution in [-0.2, 0) is 16.4 Å². The van der Waals surface area contributed by atoms with Crippen molar-refractivity contribution in [2.75, 3.05) is 13.7 Å². The average molecular weight is 364 g/mol. The molecule has 2 aromatic carbocycles. The zero-order valence-corrected chi connectivity index (χ0v) is 15.1. The van der Waals surface area contributed by atoms with Gasteiger partial charge in [-0.05, 0) is 43.0 Å². The Morgan fingerprint density at radius 1 is 1.20 bits per heavy atom. The minimum absolute atomic E-state index is 0.0702. The molecule has 0 radical (unpaired) electrons. The molecule has 0 aliphatic heterocycles. The highest BCUT2D eigenvalue weighted by atomic mass is 32.2. The molecule has 0 atom stereocenters. The van der Waals surface area contributed by atoms with Crippen LogP contribution >= 0.6 is 0 Å². The lowest BCUT2D eigenvalue weighted by molar-refractivity contribution is -0.385. The van der Waals surface area contributed by atoms with E-state index in [1.54, 1.807) is 27.0 Å². The first kappa shape index (κ1) is 18.9. The molecule has 0 aromatic heterocycles. The van der Waals surface area contributed by atoms with E-state index in [1.165, 1.54) is 6.07 Å². The van der Waals surface area contributed by atoms with Gasteiger partial charge < -0.3 is 4.74 Å². The number of para-hydroxylation sites is 1. The molecule has 25 heavy (non-hydrogen) atoms. The van der Waals surface area contributed by atoms with Gasteiger partial charge in [0.15, 0.2) is 0 Å². The third kappa shape index (κ3) is 4.34. The molecule has 0 bridgehead atoms. The summed E-state index contributed by atoms with van der Waals surface area (Å²) in [5.41, 5.74) is 1.68. The summed E-state index contributed by atoms with van der Waals surface area (Å²) < 4.78 is 32.9. The molecule has 0 aliphatic rings. The zero-order valence-electron chi connectivity index (χ0n) is 14.3. The van der Waals surface area contributed by atoms with Crippen LogP contribution < -0.4 is 9.46 Å². The molecule has 0 unspecified atom stereocenters. The van der Waals surface area contributed by atoms with Crippen molar-refractivity contribution in [3.05, 3.63) is 63.2 Å². The van der Waals surface area contributed by atoms with E-state index in [4.69, 9.17) is 4.74 Å². The van der Waals surface area contributed by atoms with Crippen LogP contribution in [0.2, 0.25) is 0 Å². The molecule has 0 spiro atoms. The molecule has 134 valence electrons. The van der Waals surface area contributed by atoms with Crippen LogP contribution in [0.1, 0.15) is 16.7 Å². The highest BCUT2D eigenvalue weighted by Gasteiger charge is 2.22. The number of sulfonamides is 1. The Bertz CT molecular complexity index is 894. The number of hydrogen-bond donors (Lipinski definition) is 1. The van der Waals surface area contributed by atoms with E-state index in [1.807, 2.05) is 18.2 Å². The number of nitro groups is 1. The summed E-state index contributed by atoms with van der Waals surface area (Å²) in [4.78, 5) is 10.3. The smallest absolute Gasteiger partial charge is 0.271 e. The number of benzene rings is 2. The molecule has 7 nitrogen and oxygen atoms in total. The number of non-ortho nitro benzene ring substituents is 1. The Labute approximate surface area is 146 Å². The topological polar surface area (TPSA) is 98.5 Å². The van der Waals surface area contributed by atoms with Crippen molar-refractivity contribution >= 4 is 15.7 Å². The van der Waals surface area contributed by atoms with Crippen LogP contribution in [-0.4, -0.2) is 27.0 Å². The third-order valence-electron chi connectivity index (χ3n) is 3.98. The first-order chi connectivity index (χ1) is 11.8. The Morgan fingerprint density at radius 3 is 2.52 bits per heavy atom. The fraction of sp³-hybridized carbons (Fsp3) is 0.294. The van der Waals surface area contributed by atoms with Gasteiger partial charge >= 0.3 is 0 Å². The number of nitrogens with zero attached hydrogens (tertiary/aromatic N) is 1. The molecule has 0 heterocycles. The second kappa shape index (κ2) is 7.62. The number of aryl methyl sites for hydroxylation is 1. The summed E-state index contributed by atoms with van der Waals surface area (Å²) in [5, 5.41) is 11.0. The quantitative estimate of drug-likeness (QED) is 0.602. The molecule has 2 aromatic rings. The van der Waals surface area contributed by atoms with E-state index in [0.29, 0.717) is 23.3 Å². The Kier molecular flexibility index (Phi) is 5.76. The number of hydrogen-bond acceptors (Lipinski definition) is 5. The fourth-order valence-electron chi connectivity index (χ4n) is 2.50. The van der Waals surface area contributed by atoms with Gasteiger partial charge in [0.05, 0.1) is 16.9 Å². The van der Waals surface area contributed by atoms with Crippen molar-refractivity contribution < 1.29 is 18.1 Å². The molecule has 0 amide bonds. The van der Waals surface area contributed by atoms with Crippen molar-refractivity contribution in [3.63, 3.8) is 0 Å². The van der Waals surface area contributed by atoms with Crippen molar-refractivity contribution in [3.8, 4) is 5.75 Å². The van der Waals surface area contributed by atoms with Crippen LogP contribution in [0.15, 0.2) is 41.3 Å². The maximum atomic E-state index is 12.6. The number of nitro benzene ring substituents is 1. The fourth-order valence-corrected chi connectivity index (χ4v) is 3.87. The number of nitrogens with one attached hydrogen (secondary N) is 1. The monoisotopic (exact) mass is 364 g/mol. The minimum Gasteiger partial charge on any atom is -0.496 e. The van der Waals surface area contributed by atoms with Gasteiger partial charge in [0.2, 0.25) is 10.0 Å². The lowest BCUT2D eigenvalue weighted by Gasteiger charge is -2.12. The summed E-state index contributed by atoms with van der Waals surface area (Å²) in [5.74, 6) is 0.684. The van der Waals surface area contributed by atoms with Gasteiger partial charge in [0.1, 0.15) is 5.75 Å². The van der Waals surface area contributed by atoms with Crippen LogP contribution in [0.25, 0.3) is 0 Å². The largest absolute Gasteiger partial charge is 0.496 e. The summed E-state index contributed by atoms with van der Waals surface area (Å²) >= 11 is 0. The zero-order chi connectivity index (χ0) is 18.6. The van der Waals surface area contributed by atoms with Gasteiger partial charge in [-0.3, -0.25) is 10.1 Å². The van der Waals surface area contributed by atoms with Crippen LogP contribution in [0.3, 0.4) is 0 Å². The number of rotatable bonds is 7. The van der Waals surface area contributed by atoms with Gasteiger partial charge in [-0.25, -0.2) is 13.1 Å². The van der Waals surface area contributed by atoms with E-state index >= 15 is 0 Å². The highest BCUT2D eigenvalue weighted by Crippen LogP contribution is 2.25. The van der Waals surface area contributed by atoms with Gasteiger partial charge in [-0.2, -0.15) is 0 Å². The second-order valence-corrected chi connectivity index (χ2v) is 7.34. The van der Waals surface area contributed by atoms with Gasteiger partial charge in [-0.15, -0.1) is 0 Å². The number of methoxy groups -OCH3 is 1. The second-order valence-electron chi connectivity index (χ2n) is 5.60. The Hall–Kier alpha value is -2.45. The van der Waals surface area contributed by atoms with E-state index < -0.39 is 14.9 Å². The lowest BCUT2D eigenvalue weighted by atomic mass is 10.1. The summed E-state index contributed by atoms with van der Waals surface area (Å²) in [6.45, 7) is 3.44. The van der Waals surface area contributed by atoms with Crippen LogP contribution in [0, 0.1) is 24.0 Å². The van der Waals surface area contributed by atoms with E-state index in [0.717, 1.165) is 11.6 Å². The average Bonchev–Trinajstić information content (AvgIpc) is 2.57. The van der Waals surface area contributed by atoms with E-state index in [-0.39, 0.29) is 17.1 Å². The summed E-state index contributed by atoms with van der Waals surface area (Å²) in [6, 6.07) is 9.80. The predicted molar refractivity (Wildman–Crippen MR) is 94.5 cm³/mol. The third-order valence-corrected chi connectivity index (χ3v) is 5.57. The van der Waals surface area contributed by atoms with Crippen molar-refractivity contribution in [1.82, 2.24) is 4.72 Å². The first-order valence-corrected chi connectivity index (χ1v) is 9.12. The molecule has 0 fully saturated rings. The predicted octanol–water partition coefficient (Wildman–Crippen LogP) is 2.74. The minimum atomic E-state index is -3.85. The molecule has 2 rings (SSSR count). The maximum Gasteiger partial charge on any atom is 0.271 e.